The molecule has 0 spiro atoms. The Hall–Kier alpha value is -2.93. The van der Waals surface area contributed by atoms with Crippen LogP contribution in [0.1, 0.15) is 47.1 Å². The van der Waals surface area contributed by atoms with E-state index in [1.54, 1.807) is 18.4 Å². The first-order chi connectivity index (χ1) is 13.9. The third kappa shape index (κ3) is 5.54. The zero-order valence-corrected chi connectivity index (χ0v) is 17.6. The maximum Gasteiger partial charge on any atom is 0.260 e. The first-order valence-corrected chi connectivity index (χ1v) is 10.4. The lowest BCUT2D eigenvalue weighted by Gasteiger charge is -2.21. The highest BCUT2D eigenvalue weighted by Crippen LogP contribution is 2.23. The van der Waals surface area contributed by atoms with Crippen LogP contribution >= 0.6 is 11.3 Å². The van der Waals surface area contributed by atoms with Crippen molar-refractivity contribution in [1.29, 1.82) is 0 Å². The first-order valence-electron chi connectivity index (χ1n) is 9.55. The number of nitrogens with one attached hydrogen (secondary N) is 2. The van der Waals surface area contributed by atoms with Crippen LogP contribution in [0.5, 0.6) is 0 Å². The fraction of sp³-hybridized carbons (Fsp3) is 0.318. The summed E-state index contributed by atoms with van der Waals surface area (Å²) < 4.78 is 5.15. The Morgan fingerprint density at radius 3 is 2.59 bits per heavy atom. The summed E-state index contributed by atoms with van der Waals surface area (Å²) in [5, 5.41) is 8.01. The van der Waals surface area contributed by atoms with Crippen molar-refractivity contribution in [3.63, 3.8) is 0 Å². The van der Waals surface area contributed by atoms with Gasteiger partial charge in [0, 0.05) is 17.8 Å². The van der Waals surface area contributed by atoms with Crippen LogP contribution in [-0.4, -0.2) is 23.3 Å². The number of rotatable bonds is 8. The largest absolute Gasteiger partial charge is 0.469 e. The zero-order chi connectivity index (χ0) is 20.8. The monoisotopic (exact) mass is 411 g/mol. The normalized spacial score (nSPS) is 12.0. The van der Waals surface area contributed by atoms with E-state index in [9.17, 15) is 9.59 Å². The molecule has 3 rings (SSSR count). The molecule has 0 bridgehead atoms. The molecule has 29 heavy (non-hydrogen) atoms. The zero-order valence-electron chi connectivity index (χ0n) is 16.8. The molecule has 0 aliphatic heterocycles. The minimum atomic E-state index is -0.274. The fourth-order valence-electron chi connectivity index (χ4n) is 3.12. The predicted molar refractivity (Wildman–Crippen MR) is 114 cm³/mol. The second-order valence-corrected chi connectivity index (χ2v) is 8.09. The summed E-state index contributed by atoms with van der Waals surface area (Å²) >= 11 is 1.30. The molecule has 2 amide bonds. The molecule has 3 aromatic rings. The molecule has 2 heterocycles. The number of benzene rings is 1. The Balaban J connectivity index is 1.53. The van der Waals surface area contributed by atoms with E-state index in [-0.39, 0.29) is 24.2 Å². The van der Waals surface area contributed by atoms with Gasteiger partial charge in [-0.2, -0.15) is 0 Å². The average molecular weight is 412 g/mol. The van der Waals surface area contributed by atoms with Crippen molar-refractivity contribution in [3.8, 4) is 0 Å². The van der Waals surface area contributed by atoms with Gasteiger partial charge in [0.15, 0.2) is 5.13 Å². The number of anilines is 1. The van der Waals surface area contributed by atoms with E-state index in [0.29, 0.717) is 34.6 Å². The molecule has 0 fully saturated rings. The fourth-order valence-corrected chi connectivity index (χ4v) is 3.83. The molecule has 1 unspecified atom stereocenters. The number of carbonyl (C=O) groups is 2. The molecule has 0 radical (unpaired) electrons. The van der Waals surface area contributed by atoms with E-state index in [1.807, 2.05) is 18.2 Å². The van der Waals surface area contributed by atoms with E-state index in [4.69, 9.17) is 4.42 Å². The van der Waals surface area contributed by atoms with Crippen LogP contribution in [0.4, 0.5) is 5.13 Å². The van der Waals surface area contributed by atoms with Crippen LogP contribution in [0, 0.1) is 12.8 Å². The lowest BCUT2D eigenvalue weighted by atomic mass is 9.88. The van der Waals surface area contributed by atoms with Crippen LogP contribution in [0.3, 0.4) is 0 Å². The van der Waals surface area contributed by atoms with Gasteiger partial charge in [-0.15, -0.1) is 11.3 Å². The van der Waals surface area contributed by atoms with Crippen molar-refractivity contribution < 1.29 is 14.0 Å². The number of nitrogens with zero attached hydrogens (tertiary/aromatic N) is 1. The molecule has 2 aromatic heterocycles. The summed E-state index contributed by atoms with van der Waals surface area (Å²) in [5.41, 5.74) is 2.32. The van der Waals surface area contributed by atoms with Gasteiger partial charge in [0.2, 0.25) is 5.91 Å². The summed E-state index contributed by atoms with van der Waals surface area (Å²) in [6.07, 6.45) is 1.65. The molecule has 7 heteroatoms. The Morgan fingerprint density at radius 2 is 1.93 bits per heavy atom. The number of aromatic nitrogens is 1. The van der Waals surface area contributed by atoms with Crippen molar-refractivity contribution in [2.45, 2.75) is 33.1 Å². The molecule has 0 saturated heterocycles. The lowest BCUT2D eigenvalue weighted by molar-refractivity contribution is -0.120. The SMILES string of the molecule is Cc1occc1C(=O)Nc1nc(CC(=O)NCC(c2ccccc2)C(C)C)cs1. The Kier molecular flexibility index (Phi) is 6.82. The van der Waals surface area contributed by atoms with Crippen LogP contribution < -0.4 is 10.6 Å². The molecule has 0 aliphatic rings. The molecule has 6 nitrogen and oxygen atoms in total. The summed E-state index contributed by atoms with van der Waals surface area (Å²) in [7, 11) is 0. The van der Waals surface area contributed by atoms with Gasteiger partial charge in [0.25, 0.3) is 5.91 Å². The minimum absolute atomic E-state index is 0.0829. The number of carbonyl (C=O) groups excluding carboxylic acids is 2. The van der Waals surface area contributed by atoms with Gasteiger partial charge in [-0.25, -0.2) is 4.98 Å². The van der Waals surface area contributed by atoms with Crippen LogP contribution in [0.25, 0.3) is 0 Å². The second kappa shape index (κ2) is 9.52. The van der Waals surface area contributed by atoms with Gasteiger partial charge in [-0.3, -0.25) is 14.9 Å². The van der Waals surface area contributed by atoms with Crippen LogP contribution in [-0.2, 0) is 11.2 Å². The average Bonchev–Trinajstić information content (AvgIpc) is 3.31. The van der Waals surface area contributed by atoms with E-state index in [1.165, 1.54) is 23.2 Å². The van der Waals surface area contributed by atoms with Gasteiger partial charge in [0.1, 0.15) is 5.76 Å². The quantitative estimate of drug-likeness (QED) is 0.576. The van der Waals surface area contributed by atoms with Crippen molar-refractivity contribution in [2.24, 2.45) is 5.92 Å². The smallest absolute Gasteiger partial charge is 0.260 e. The first kappa shape index (κ1) is 20.8. The Labute approximate surface area is 174 Å². The highest BCUT2D eigenvalue weighted by atomic mass is 32.1. The number of hydrogen-bond donors (Lipinski definition) is 2. The van der Waals surface area contributed by atoms with Crippen molar-refractivity contribution >= 4 is 28.3 Å². The van der Waals surface area contributed by atoms with Gasteiger partial charge >= 0.3 is 0 Å². The van der Waals surface area contributed by atoms with E-state index < -0.39 is 0 Å². The van der Waals surface area contributed by atoms with Crippen molar-refractivity contribution in [1.82, 2.24) is 10.3 Å². The van der Waals surface area contributed by atoms with E-state index in [0.717, 1.165) is 0 Å². The highest BCUT2D eigenvalue weighted by molar-refractivity contribution is 7.14. The van der Waals surface area contributed by atoms with Gasteiger partial charge < -0.3 is 9.73 Å². The van der Waals surface area contributed by atoms with Crippen molar-refractivity contribution in [3.05, 3.63) is 70.6 Å². The summed E-state index contributed by atoms with van der Waals surface area (Å²) in [6.45, 7) is 6.61. The number of hydrogen-bond acceptors (Lipinski definition) is 5. The molecule has 1 aromatic carbocycles. The van der Waals surface area contributed by atoms with Crippen molar-refractivity contribution in [2.75, 3.05) is 11.9 Å². The molecule has 0 saturated carbocycles. The molecule has 0 aliphatic carbocycles. The molecular weight excluding hydrogens is 386 g/mol. The standard InChI is InChI=1S/C22H25N3O3S/c1-14(2)19(16-7-5-4-6-8-16)12-23-20(26)11-17-13-29-22(24-17)25-21(27)18-9-10-28-15(18)3/h4-10,13-14,19H,11-12H2,1-3H3,(H,23,26)(H,24,25,27). The third-order valence-electron chi connectivity index (χ3n) is 4.77. The molecule has 152 valence electrons. The Morgan fingerprint density at radius 1 is 1.17 bits per heavy atom. The highest BCUT2D eigenvalue weighted by Gasteiger charge is 2.18. The molecular formula is C22H25N3O3S. The third-order valence-corrected chi connectivity index (χ3v) is 5.58. The number of aryl methyl sites for hydroxylation is 1. The second-order valence-electron chi connectivity index (χ2n) is 7.23. The van der Waals surface area contributed by atoms with E-state index in [2.05, 4.69) is 41.6 Å². The molecule has 1 atom stereocenters. The molecule has 2 N–H and O–H groups in total. The van der Waals surface area contributed by atoms with Gasteiger partial charge in [0.05, 0.1) is 23.9 Å². The van der Waals surface area contributed by atoms with E-state index >= 15 is 0 Å². The Bertz CT molecular complexity index is 963. The number of furan rings is 1. The topological polar surface area (TPSA) is 84.2 Å². The van der Waals surface area contributed by atoms with Gasteiger partial charge in [-0.05, 0) is 24.5 Å². The number of thiazole rings is 1. The maximum absolute atomic E-state index is 12.4. The van der Waals surface area contributed by atoms with Crippen LogP contribution in [0.2, 0.25) is 0 Å². The van der Waals surface area contributed by atoms with Gasteiger partial charge in [-0.1, -0.05) is 44.2 Å². The lowest BCUT2D eigenvalue weighted by Crippen LogP contribution is -2.31. The predicted octanol–water partition coefficient (Wildman–Crippen LogP) is 4.40. The summed E-state index contributed by atoms with van der Waals surface area (Å²) in [5.74, 6) is 0.857. The summed E-state index contributed by atoms with van der Waals surface area (Å²) in [4.78, 5) is 29.0. The maximum atomic E-state index is 12.4. The number of amides is 2. The minimum Gasteiger partial charge on any atom is -0.469 e. The summed E-state index contributed by atoms with van der Waals surface area (Å²) in [6, 6.07) is 11.8. The van der Waals surface area contributed by atoms with Crippen LogP contribution in [0.15, 0.2) is 52.5 Å².